The summed E-state index contributed by atoms with van der Waals surface area (Å²) in [5, 5.41) is 6.68. The van der Waals surface area contributed by atoms with Gasteiger partial charge in [-0.15, -0.1) is 0 Å². The highest BCUT2D eigenvalue weighted by atomic mass is 16.5. The Labute approximate surface area is 169 Å². The molecule has 0 spiro atoms. The molecule has 29 heavy (non-hydrogen) atoms. The Balaban J connectivity index is 1.73. The molecule has 0 saturated carbocycles. The first-order chi connectivity index (χ1) is 14.0. The maximum atomic E-state index is 12.8. The number of aromatic nitrogens is 1. The third kappa shape index (κ3) is 5.07. The van der Waals surface area contributed by atoms with Gasteiger partial charge in [-0.2, -0.15) is 0 Å². The minimum absolute atomic E-state index is 0.256. The second kappa shape index (κ2) is 9.14. The molecule has 3 aromatic rings. The summed E-state index contributed by atoms with van der Waals surface area (Å²) >= 11 is 0. The molecule has 0 saturated heterocycles. The SMILES string of the molecule is COc1cc(CNC(=O)C(Cc2c[nH]c3ccccc23)NC(C)=O)cc(OC)c1. The van der Waals surface area contributed by atoms with Gasteiger partial charge in [0.05, 0.1) is 14.2 Å². The predicted molar refractivity (Wildman–Crippen MR) is 111 cm³/mol. The van der Waals surface area contributed by atoms with Crippen molar-refractivity contribution < 1.29 is 19.1 Å². The standard InChI is InChI=1S/C22H25N3O4/c1-14(26)25-21(10-16-13-23-20-7-5-4-6-19(16)20)22(27)24-12-15-8-17(28-2)11-18(9-15)29-3/h4-9,11,13,21,23H,10,12H2,1-3H3,(H,24,27)(H,25,26). The van der Waals surface area contributed by atoms with Crippen molar-refractivity contribution in [2.75, 3.05) is 14.2 Å². The number of amides is 2. The number of hydrogen-bond acceptors (Lipinski definition) is 4. The van der Waals surface area contributed by atoms with Crippen LogP contribution < -0.4 is 20.1 Å². The summed E-state index contributed by atoms with van der Waals surface area (Å²) in [6.45, 7) is 1.69. The van der Waals surface area contributed by atoms with E-state index in [4.69, 9.17) is 9.47 Å². The number of nitrogens with one attached hydrogen (secondary N) is 3. The maximum Gasteiger partial charge on any atom is 0.243 e. The number of carbonyl (C=O) groups is 2. The summed E-state index contributed by atoms with van der Waals surface area (Å²) in [6.07, 6.45) is 2.26. The van der Waals surface area contributed by atoms with E-state index in [0.717, 1.165) is 22.0 Å². The van der Waals surface area contributed by atoms with Crippen molar-refractivity contribution in [3.05, 3.63) is 59.8 Å². The first-order valence-electron chi connectivity index (χ1n) is 9.32. The van der Waals surface area contributed by atoms with Crippen molar-refractivity contribution in [2.24, 2.45) is 0 Å². The molecule has 0 aliphatic heterocycles. The fourth-order valence-corrected chi connectivity index (χ4v) is 3.26. The van der Waals surface area contributed by atoms with Crippen LogP contribution in [0.2, 0.25) is 0 Å². The third-order valence-electron chi connectivity index (χ3n) is 4.67. The lowest BCUT2D eigenvalue weighted by atomic mass is 10.0. The van der Waals surface area contributed by atoms with Crippen LogP contribution in [0.3, 0.4) is 0 Å². The summed E-state index contributed by atoms with van der Waals surface area (Å²) in [5.41, 5.74) is 2.80. The van der Waals surface area contributed by atoms with Crippen LogP contribution in [0.4, 0.5) is 0 Å². The number of carbonyl (C=O) groups excluding carboxylic acids is 2. The molecule has 1 atom stereocenters. The Morgan fingerprint density at radius 3 is 2.41 bits per heavy atom. The summed E-state index contributed by atoms with van der Waals surface area (Å²) in [7, 11) is 3.15. The zero-order chi connectivity index (χ0) is 20.8. The van der Waals surface area contributed by atoms with Gasteiger partial charge in [-0.1, -0.05) is 18.2 Å². The van der Waals surface area contributed by atoms with E-state index in [0.29, 0.717) is 17.9 Å². The van der Waals surface area contributed by atoms with E-state index in [1.165, 1.54) is 6.92 Å². The van der Waals surface area contributed by atoms with Crippen LogP contribution >= 0.6 is 0 Å². The molecule has 7 nitrogen and oxygen atoms in total. The molecule has 1 unspecified atom stereocenters. The van der Waals surface area contributed by atoms with Crippen LogP contribution in [0.25, 0.3) is 10.9 Å². The number of H-pyrrole nitrogens is 1. The summed E-state index contributed by atoms with van der Waals surface area (Å²) in [6, 6.07) is 12.6. The number of para-hydroxylation sites is 1. The summed E-state index contributed by atoms with van der Waals surface area (Å²) in [4.78, 5) is 27.7. The van der Waals surface area contributed by atoms with Gasteiger partial charge in [0, 0.05) is 43.1 Å². The van der Waals surface area contributed by atoms with Crippen molar-refractivity contribution in [2.45, 2.75) is 25.9 Å². The van der Waals surface area contributed by atoms with Crippen molar-refractivity contribution >= 4 is 22.7 Å². The van der Waals surface area contributed by atoms with Gasteiger partial charge in [-0.3, -0.25) is 9.59 Å². The van der Waals surface area contributed by atoms with Crippen molar-refractivity contribution in [3.8, 4) is 11.5 Å². The Morgan fingerprint density at radius 1 is 1.07 bits per heavy atom. The second-order valence-electron chi connectivity index (χ2n) is 6.76. The topological polar surface area (TPSA) is 92.5 Å². The largest absolute Gasteiger partial charge is 0.497 e. The molecule has 2 aromatic carbocycles. The number of ether oxygens (including phenoxy) is 2. The maximum absolute atomic E-state index is 12.8. The van der Waals surface area contributed by atoms with Crippen LogP contribution in [0.5, 0.6) is 11.5 Å². The molecule has 3 rings (SSSR count). The van der Waals surface area contributed by atoms with Gasteiger partial charge >= 0.3 is 0 Å². The fourth-order valence-electron chi connectivity index (χ4n) is 3.26. The van der Waals surface area contributed by atoms with E-state index in [1.54, 1.807) is 20.3 Å². The molecule has 2 amide bonds. The first kappa shape index (κ1) is 20.3. The lowest BCUT2D eigenvalue weighted by Gasteiger charge is -2.18. The molecule has 0 fully saturated rings. The van der Waals surface area contributed by atoms with Gasteiger partial charge in [0.15, 0.2) is 0 Å². The molecule has 0 aliphatic rings. The highest BCUT2D eigenvalue weighted by molar-refractivity contribution is 5.89. The average molecular weight is 395 g/mol. The number of aromatic amines is 1. The van der Waals surface area contributed by atoms with E-state index < -0.39 is 6.04 Å². The molecule has 0 bridgehead atoms. The molecule has 3 N–H and O–H groups in total. The second-order valence-corrected chi connectivity index (χ2v) is 6.76. The third-order valence-corrected chi connectivity index (χ3v) is 4.67. The van der Waals surface area contributed by atoms with Crippen molar-refractivity contribution in [3.63, 3.8) is 0 Å². The van der Waals surface area contributed by atoms with Gasteiger partial charge in [0.25, 0.3) is 0 Å². The van der Waals surface area contributed by atoms with Crippen LogP contribution in [-0.4, -0.2) is 37.1 Å². The molecule has 1 heterocycles. The summed E-state index contributed by atoms with van der Waals surface area (Å²) < 4.78 is 10.5. The summed E-state index contributed by atoms with van der Waals surface area (Å²) in [5.74, 6) is 0.775. The van der Waals surface area contributed by atoms with Gasteiger partial charge in [-0.25, -0.2) is 0 Å². The molecule has 152 valence electrons. The van der Waals surface area contributed by atoms with Crippen LogP contribution in [-0.2, 0) is 22.6 Å². The van der Waals surface area contributed by atoms with E-state index in [2.05, 4.69) is 15.6 Å². The minimum atomic E-state index is -0.681. The number of rotatable bonds is 8. The average Bonchev–Trinajstić information content (AvgIpc) is 3.13. The van der Waals surface area contributed by atoms with Crippen molar-refractivity contribution in [1.82, 2.24) is 15.6 Å². The lowest BCUT2D eigenvalue weighted by Crippen LogP contribution is -2.47. The number of methoxy groups -OCH3 is 2. The minimum Gasteiger partial charge on any atom is -0.497 e. The fraction of sp³-hybridized carbons (Fsp3) is 0.273. The Morgan fingerprint density at radius 2 is 1.76 bits per heavy atom. The number of hydrogen-bond donors (Lipinski definition) is 3. The highest BCUT2D eigenvalue weighted by Gasteiger charge is 2.21. The number of benzene rings is 2. The van der Waals surface area contributed by atoms with Crippen LogP contribution in [0, 0.1) is 0 Å². The Kier molecular flexibility index (Phi) is 6.39. The van der Waals surface area contributed by atoms with Gasteiger partial charge in [0.2, 0.25) is 11.8 Å². The first-order valence-corrected chi connectivity index (χ1v) is 9.32. The lowest BCUT2D eigenvalue weighted by molar-refractivity contribution is -0.128. The van der Waals surface area contributed by atoms with Crippen LogP contribution in [0.15, 0.2) is 48.7 Å². The Bertz CT molecular complexity index is 990. The van der Waals surface area contributed by atoms with E-state index in [-0.39, 0.29) is 18.4 Å². The quantitative estimate of drug-likeness (QED) is 0.547. The van der Waals surface area contributed by atoms with Gasteiger partial charge in [0.1, 0.15) is 17.5 Å². The molecule has 1 aromatic heterocycles. The zero-order valence-electron chi connectivity index (χ0n) is 16.7. The molecular weight excluding hydrogens is 370 g/mol. The zero-order valence-corrected chi connectivity index (χ0v) is 16.7. The van der Waals surface area contributed by atoms with E-state index in [9.17, 15) is 9.59 Å². The van der Waals surface area contributed by atoms with E-state index >= 15 is 0 Å². The van der Waals surface area contributed by atoms with Crippen LogP contribution in [0.1, 0.15) is 18.1 Å². The van der Waals surface area contributed by atoms with Gasteiger partial charge < -0.3 is 25.1 Å². The number of fused-ring (bicyclic) bond motifs is 1. The highest BCUT2D eigenvalue weighted by Crippen LogP contribution is 2.22. The predicted octanol–water partition coefficient (Wildman–Crippen LogP) is 2.55. The monoisotopic (exact) mass is 395 g/mol. The van der Waals surface area contributed by atoms with E-state index in [1.807, 2.05) is 42.6 Å². The molecular formula is C22H25N3O4. The molecule has 0 radical (unpaired) electrons. The normalized spacial score (nSPS) is 11.7. The molecule has 7 heteroatoms. The Hall–Kier alpha value is -3.48. The van der Waals surface area contributed by atoms with Gasteiger partial charge in [-0.05, 0) is 29.3 Å². The molecule has 0 aliphatic carbocycles. The van der Waals surface area contributed by atoms with Crippen molar-refractivity contribution in [1.29, 1.82) is 0 Å². The smallest absolute Gasteiger partial charge is 0.243 e.